The fourth-order valence-corrected chi connectivity index (χ4v) is 4.46. The first-order chi connectivity index (χ1) is 14.6. The zero-order chi connectivity index (χ0) is 21.8. The van der Waals surface area contributed by atoms with Crippen LogP contribution in [0.2, 0.25) is 0 Å². The minimum Gasteiger partial charge on any atom is -0.299 e. The summed E-state index contributed by atoms with van der Waals surface area (Å²) in [5.41, 5.74) is 3.94. The van der Waals surface area contributed by atoms with Crippen LogP contribution in [0.3, 0.4) is 0 Å². The third-order valence-corrected chi connectivity index (χ3v) is 6.23. The summed E-state index contributed by atoms with van der Waals surface area (Å²) in [6.07, 6.45) is 6.70. The van der Waals surface area contributed by atoms with Gasteiger partial charge < -0.3 is 0 Å². The van der Waals surface area contributed by atoms with Gasteiger partial charge in [0.05, 0.1) is 6.07 Å². The number of nitrogens with zero attached hydrogens (tertiary/aromatic N) is 2. The summed E-state index contributed by atoms with van der Waals surface area (Å²) in [6.45, 7) is 4.71. The van der Waals surface area contributed by atoms with Crippen LogP contribution in [0, 0.1) is 11.3 Å². The molecule has 0 heterocycles. The molecule has 0 radical (unpaired) electrons. The fourth-order valence-electron chi connectivity index (χ4n) is 4.46. The topological polar surface area (TPSA) is 27.0 Å². The Balaban J connectivity index is 0.00000101. The summed E-state index contributed by atoms with van der Waals surface area (Å²) in [5.74, 6) is 0.119. The van der Waals surface area contributed by atoms with E-state index in [1.165, 1.54) is 30.0 Å². The van der Waals surface area contributed by atoms with E-state index < -0.39 is 6.17 Å². The Labute approximate surface area is 182 Å². The van der Waals surface area contributed by atoms with Crippen molar-refractivity contribution in [2.75, 3.05) is 7.05 Å². The van der Waals surface area contributed by atoms with Crippen molar-refractivity contribution in [1.82, 2.24) is 4.90 Å². The van der Waals surface area contributed by atoms with Crippen molar-refractivity contribution >= 4 is 0 Å². The highest BCUT2D eigenvalue weighted by atomic mass is 19.1. The Morgan fingerprint density at radius 1 is 1.03 bits per heavy atom. The van der Waals surface area contributed by atoms with Gasteiger partial charge in [-0.15, -0.1) is 0 Å². The number of rotatable bonds is 8. The molecule has 162 valence electrons. The fraction of sp³-hybridized carbons (Fsp3) is 0.519. The van der Waals surface area contributed by atoms with E-state index in [2.05, 4.69) is 73.5 Å². The van der Waals surface area contributed by atoms with Crippen LogP contribution in [-0.2, 0) is 13.0 Å². The first kappa shape index (κ1) is 24.1. The van der Waals surface area contributed by atoms with E-state index >= 15 is 0 Å². The molecule has 3 rings (SSSR count). The van der Waals surface area contributed by atoms with Gasteiger partial charge in [0, 0.05) is 25.4 Å². The maximum Gasteiger partial charge on any atom is 0.107 e. The molecule has 0 aliphatic heterocycles. The number of nitriles is 1. The standard InChI is InChI=1S/C25H34FN.C2H3N/c1-3-23(27(2)19-21-9-5-4-6-10-21)18-15-20-13-16-22(17-14-20)24-11-7-8-12-25(24)26;1-2-3/h4-6,9-10,13-14,16-17,23-25H,3,7-8,11-12,15,18-19H2,1-2H3;1H3. The molecule has 3 unspecified atom stereocenters. The van der Waals surface area contributed by atoms with Gasteiger partial charge in [-0.25, -0.2) is 4.39 Å². The molecule has 3 heteroatoms. The summed E-state index contributed by atoms with van der Waals surface area (Å²) in [6, 6.07) is 21.8. The number of benzene rings is 2. The van der Waals surface area contributed by atoms with E-state index in [0.717, 1.165) is 45.1 Å². The molecule has 30 heavy (non-hydrogen) atoms. The highest BCUT2D eigenvalue weighted by molar-refractivity contribution is 5.27. The molecule has 0 aromatic heterocycles. The summed E-state index contributed by atoms with van der Waals surface area (Å²) < 4.78 is 14.2. The predicted molar refractivity (Wildman–Crippen MR) is 124 cm³/mol. The largest absolute Gasteiger partial charge is 0.299 e. The summed E-state index contributed by atoms with van der Waals surface area (Å²) in [5, 5.41) is 7.32. The zero-order valence-electron chi connectivity index (χ0n) is 18.9. The lowest BCUT2D eigenvalue weighted by molar-refractivity contribution is 0.215. The Hall–Kier alpha value is -2.18. The molecule has 2 nitrogen and oxygen atoms in total. The molecular formula is C27H37FN2. The minimum absolute atomic E-state index is 0.119. The molecule has 0 N–H and O–H groups in total. The van der Waals surface area contributed by atoms with Gasteiger partial charge in [-0.1, -0.05) is 74.4 Å². The van der Waals surface area contributed by atoms with Crippen LogP contribution in [0.25, 0.3) is 0 Å². The Bertz CT molecular complexity index is 751. The van der Waals surface area contributed by atoms with Crippen LogP contribution in [-0.4, -0.2) is 24.2 Å². The lowest BCUT2D eigenvalue weighted by Crippen LogP contribution is -2.31. The maximum atomic E-state index is 14.2. The molecular weight excluding hydrogens is 371 g/mol. The number of hydrogen-bond acceptors (Lipinski definition) is 2. The van der Waals surface area contributed by atoms with Gasteiger partial charge in [0.2, 0.25) is 0 Å². The van der Waals surface area contributed by atoms with E-state index in [-0.39, 0.29) is 5.92 Å². The molecule has 0 spiro atoms. The zero-order valence-corrected chi connectivity index (χ0v) is 18.9. The molecule has 0 amide bonds. The van der Waals surface area contributed by atoms with Crippen molar-refractivity contribution in [2.45, 2.75) is 83.5 Å². The average Bonchev–Trinajstić information content (AvgIpc) is 2.76. The first-order valence-corrected chi connectivity index (χ1v) is 11.4. The minimum atomic E-state index is -0.652. The van der Waals surface area contributed by atoms with Crippen LogP contribution < -0.4 is 0 Å². The first-order valence-electron chi connectivity index (χ1n) is 11.4. The van der Waals surface area contributed by atoms with Crippen LogP contribution >= 0.6 is 0 Å². The van der Waals surface area contributed by atoms with Gasteiger partial charge in [-0.05, 0) is 55.8 Å². The number of hydrogen-bond donors (Lipinski definition) is 0. The van der Waals surface area contributed by atoms with Gasteiger partial charge in [0.15, 0.2) is 0 Å². The van der Waals surface area contributed by atoms with E-state index in [1.807, 2.05) is 0 Å². The molecule has 2 aromatic rings. The molecule has 1 aliphatic rings. The molecule has 0 bridgehead atoms. The quantitative estimate of drug-likeness (QED) is 0.468. The second-order valence-electron chi connectivity index (χ2n) is 8.37. The maximum absolute atomic E-state index is 14.2. The van der Waals surface area contributed by atoms with Gasteiger partial charge in [-0.3, -0.25) is 4.90 Å². The van der Waals surface area contributed by atoms with Gasteiger partial charge >= 0.3 is 0 Å². The molecule has 3 atom stereocenters. The second kappa shape index (κ2) is 13.2. The van der Waals surface area contributed by atoms with Crippen LogP contribution in [0.5, 0.6) is 0 Å². The Morgan fingerprint density at radius 3 is 2.27 bits per heavy atom. The highest BCUT2D eigenvalue weighted by Crippen LogP contribution is 2.35. The number of alkyl halides is 1. The van der Waals surface area contributed by atoms with E-state index in [9.17, 15) is 4.39 Å². The molecule has 2 aromatic carbocycles. The summed E-state index contributed by atoms with van der Waals surface area (Å²) >= 11 is 0. The van der Waals surface area contributed by atoms with Crippen molar-refractivity contribution in [3.63, 3.8) is 0 Å². The van der Waals surface area contributed by atoms with Gasteiger partial charge in [0.25, 0.3) is 0 Å². The Morgan fingerprint density at radius 2 is 1.67 bits per heavy atom. The SMILES string of the molecule is CC#N.CCC(CCc1ccc(C2CCCCC2F)cc1)N(C)Cc1ccccc1. The summed E-state index contributed by atoms with van der Waals surface area (Å²) in [7, 11) is 2.23. The normalized spacial score (nSPS) is 19.5. The van der Waals surface area contributed by atoms with Crippen LogP contribution in [0.15, 0.2) is 54.6 Å². The second-order valence-corrected chi connectivity index (χ2v) is 8.37. The van der Waals surface area contributed by atoms with Gasteiger partial charge in [0.1, 0.15) is 6.17 Å². The van der Waals surface area contributed by atoms with Crippen molar-refractivity contribution in [2.24, 2.45) is 0 Å². The predicted octanol–water partition coefficient (Wildman–Crippen LogP) is 7.06. The van der Waals surface area contributed by atoms with E-state index in [4.69, 9.17) is 5.26 Å². The van der Waals surface area contributed by atoms with Gasteiger partial charge in [-0.2, -0.15) is 5.26 Å². The molecule has 1 fully saturated rings. The molecule has 1 aliphatic carbocycles. The van der Waals surface area contributed by atoms with Crippen molar-refractivity contribution in [1.29, 1.82) is 5.26 Å². The molecule has 1 saturated carbocycles. The Kier molecular flexibility index (Phi) is 10.6. The third-order valence-electron chi connectivity index (χ3n) is 6.23. The van der Waals surface area contributed by atoms with Crippen molar-refractivity contribution < 1.29 is 4.39 Å². The van der Waals surface area contributed by atoms with Crippen LogP contribution in [0.1, 0.15) is 75.0 Å². The highest BCUT2D eigenvalue weighted by Gasteiger charge is 2.25. The number of aryl methyl sites for hydroxylation is 1. The van der Waals surface area contributed by atoms with Crippen molar-refractivity contribution in [3.8, 4) is 6.07 Å². The van der Waals surface area contributed by atoms with Crippen molar-refractivity contribution in [3.05, 3.63) is 71.3 Å². The lowest BCUT2D eigenvalue weighted by atomic mass is 9.82. The van der Waals surface area contributed by atoms with E-state index in [1.54, 1.807) is 6.07 Å². The van der Waals surface area contributed by atoms with Crippen LogP contribution in [0.4, 0.5) is 4.39 Å². The summed E-state index contributed by atoms with van der Waals surface area (Å²) in [4.78, 5) is 2.47. The lowest BCUT2D eigenvalue weighted by Gasteiger charge is -2.28. The number of halogens is 1. The molecule has 0 saturated heterocycles. The smallest absolute Gasteiger partial charge is 0.107 e. The average molecular weight is 409 g/mol. The van der Waals surface area contributed by atoms with E-state index in [0.29, 0.717) is 6.04 Å². The third kappa shape index (κ3) is 7.58. The monoisotopic (exact) mass is 408 g/mol.